The number of rotatable bonds is 8. The van der Waals surface area contributed by atoms with E-state index in [0.717, 1.165) is 17.6 Å². The molecule has 8 nitrogen and oxygen atoms in total. The van der Waals surface area contributed by atoms with Gasteiger partial charge in [0.05, 0.1) is 14.2 Å². The van der Waals surface area contributed by atoms with Gasteiger partial charge in [-0.05, 0) is 71.9 Å². The van der Waals surface area contributed by atoms with Gasteiger partial charge < -0.3 is 20.1 Å². The van der Waals surface area contributed by atoms with E-state index in [1.54, 1.807) is 48.5 Å². The largest absolute Gasteiger partial charge is 0.467 e. The van der Waals surface area contributed by atoms with Crippen LogP contribution in [0, 0.1) is 23.7 Å². The van der Waals surface area contributed by atoms with Crippen molar-refractivity contribution in [3.63, 3.8) is 0 Å². The average molecular weight is 515 g/mol. The standard InChI is InChI=1S/C30H30N2O6/c1-37-29(35)25(31-27(33)17-9-5-3-6-10-17)20-15-21-19-13-23(22(21)16-20)24(14-19)26(30(36)38-2)32-28(34)18-11-7-4-8-12-18/h3-12,14-15,19,21-23,25-26H,13,16H2,1-2H3,(H,31,33)(H,32,34). The molecular weight excluding hydrogens is 484 g/mol. The molecule has 0 spiro atoms. The molecule has 0 aliphatic heterocycles. The van der Waals surface area contributed by atoms with Gasteiger partial charge in [0.15, 0.2) is 0 Å². The van der Waals surface area contributed by atoms with E-state index < -0.39 is 24.0 Å². The monoisotopic (exact) mass is 514 g/mol. The van der Waals surface area contributed by atoms with E-state index in [2.05, 4.69) is 22.8 Å². The highest BCUT2D eigenvalue weighted by Gasteiger charge is 2.53. The first-order valence-electron chi connectivity index (χ1n) is 12.7. The lowest BCUT2D eigenvalue weighted by Gasteiger charge is -2.30. The van der Waals surface area contributed by atoms with Crippen LogP contribution in [0.5, 0.6) is 0 Å². The summed E-state index contributed by atoms with van der Waals surface area (Å²) in [6, 6.07) is 15.7. The number of esters is 2. The summed E-state index contributed by atoms with van der Waals surface area (Å²) in [6.45, 7) is 0. The Morgan fingerprint density at radius 1 is 0.763 bits per heavy atom. The van der Waals surface area contributed by atoms with E-state index in [-0.39, 0.29) is 35.5 Å². The normalized spacial score (nSPS) is 24.4. The van der Waals surface area contributed by atoms with E-state index in [1.165, 1.54) is 14.2 Å². The Labute approximate surface area is 221 Å². The van der Waals surface area contributed by atoms with E-state index in [9.17, 15) is 19.2 Å². The lowest BCUT2D eigenvalue weighted by molar-refractivity contribution is -0.142. The number of amides is 2. The number of fused-ring (bicyclic) bond motifs is 5. The van der Waals surface area contributed by atoms with Crippen LogP contribution in [0.2, 0.25) is 0 Å². The lowest BCUT2D eigenvalue weighted by atomic mass is 9.78. The summed E-state index contributed by atoms with van der Waals surface area (Å²) in [7, 11) is 2.62. The van der Waals surface area contributed by atoms with Gasteiger partial charge in [0.2, 0.25) is 0 Å². The van der Waals surface area contributed by atoms with Gasteiger partial charge in [-0.15, -0.1) is 0 Å². The highest BCUT2D eigenvalue weighted by Crippen LogP contribution is 2.58. The molecule has 2 N–H and O–H groups in total. The number of nitrogens with one attached hydrogen (secondary N) is 2. The van der Waals surface area contributed by atoms with Gasteiger partial charge in [0, 0.05) is 11.1 Å². The first-order valence-corrected chi connectivity index (χ1v) is 12.7. The number of ether oxygens (including phenoxy) is 2. The molecule has 2 aromatic rings. The zero-order valence-corrected chi connectivity index (χ0v) is 21.3. The quantitative estimate of drug-likeness (QED) is 0.414. The number of hydrogen-bond donors (Lipinski definition) is 2. The number of methoxy groups -OCH3 is 2. The molecular formula is C30H30N2O6. The smallest absolute Gasteiger partial charge is 0.332 e. The average Bonchev–Trinajstić information content (AvgIpc) is 3.67. The van der Waals surface area contributed by atoms with E-state index in [4.69, 9.17) is 9.47 Å². The maximum Gasteiger partial charge on any atom is 0.332 e. The number of carbonyl (C=O) groups is 4. The predicted molar refractivity (Wildman–Crippen MR) is 139 cm³/mol. The van der Waals surface area contributed by atoms with Gasteiger partial charge in [0.1, 0.15) is 12.1 Å². The Morgan fingerprint density at radius 2 is 1.29 bits per heavy atom. The van der Waals surface area contributed by atoms with Gasteiger partial charge in [0.25, 0.3) is 11.8 Å². The van der Waals surface area contributed by atoms with Gasteiger partial charge >= 0.3 is 11.9 Å². The highest BCUT2D eigenvalue weighted by atomic mass is 16.5. The lowest BCUT2D eigenvalue weighted by Crippen LogP contribution is -2.45. The van der Waals surface area contributed by atoms with Crippen LogP contribution in [0.25, 0.3) is 0 Å². The van der Waals surface area contributed by atoms with Crippen molar-refractivity contribution in [3.05, 3.63) is 95.1 Å². The molecule has 8 heteroatoms. The van der Waals surface area contributed by atoms with Crippen LogP contribution in [0.1, 0.15) is 33.6 Å². The van der Waals surface area contributed by atoms with Crippen LogP contribution in [0.4, 0.5) is 0 Å². The van der Waals surface area contributed by atoms with Crippen molar-refractivity contribution in [1.82, 2.24) is 10.6 Å². The second-order valence-corrected chi connectivity index (χ2v) is 9.95. The van der Waals surface area contributed by atoms with Gasteiger partial charge in [-0.3, -0.25) is 9.59 Å². The third kappa shape index (κ3) is 4.74. The SMILES string of the molecule is COC(=O)C(NC(=O)c1ccccc1)C1=CC2C3C=C(C(NC(=O)c4ccccc4)C(=O)OC)C(C3)C2C1. The van der Waals surface area contributed by atoms with Crippen LogP contribution >= 0.6 is 0 Å². The number of allylic oxidation sites excluding steroid dienone is 2. The maximum absolute atomic E-state index is 12.9. The molecule has 6 unspecified atom stereocenters. The molecule has 5 rings (SSSR count). The van der Waals surface area contributed by atoms with Crippen molar-refractivity contribution in [3.8, 4) is 0 Å². The Bertz CT molecular complexity index is 1300. The molecule has 0 radical (unpaired) electrons. The van der Waals surface area contributed by atoms with Crippen LogP contribution in [-0.4, -0.2) is 50.1 Å². The highest BCUT2D eigenvalue weighted by molar-refractivity contribution is 5.98. The summed E-state index contributed by atoms with van der Waals surface area (Å²) < 4.78 is 10.1. The molecule has 196 valence electrons. The Kier molecular flexibility index (Phi) is 7.13. The van der Waals surface area contributed by atoms with Crippen LogP contribution in [0.3, 0.4) is 0 Å². The molecule has 3 aliphatic rings. The third-order valence-electron chi connectivity index (χ3n) is 7.95. The minimum absolute atomic E-state index is 0.0436. The zero-order chi connectivity index (χ0) is 26.8. The molecule has 3 aliphatic carbocycles. The minimum Gasteiger partial charge on any atom is -0.467 e. The first-order chi connectivity index (χ1) is 18.4. The van der Waals surface area contributed by atoms with Crippen LogP contribution < -0.4 is 10.6 Å². The van der Waals surface area contributed by atoms with Gasteiger partial charge in [-0.1, -0.05) is 48.6 Å². The topological polar surface area (TPSA) is 111 Å². The molecule has 38 heavy (non-hydrogen) atoms. The van der Waals surface area contributed by atoms with Crippen LogP contribution in [0.15, 0.2) is 84.0 Å². The molecule has 0 aromatic heterocycles. The number of hydrogen-bond acceptors (Lipinski definition) is 6. The summed E-state index contributed by atoms with van der Waals surface area (Å²) in [5, 5.41) is 5.71. The fourth-order valence-electron chi connectivity index (χ4n) is 6.21. The molecule has 1 saturated carbocycles. The Morgan fingerprint density at radius 3 is 1.84 bits per heavy atom. The predicted octanol–water partition coefficient (Wildman–Crippen LogP) is 3.07. The fourth-order valence-corrected chi connectivity index (χ4v) is 6.21. The summed E-state index contributed by atoms with van der Waals surface area (Å²) in [5.74, 6) is -1.19. The summed E-state index contributed by atoms with van der Waals surface area (Å²) in [6.07, 6.45) is 5.61. The molecule has 0 heterocycles. The Hall–Kier alpha value is -4.20. The molecule has 0 saturated heterocycles. The van der Waals surface area contributed by atoms with E-state index in [0.29, 0.717) is 17.5 Å². The van der Waals surface area contributed by atoms with Gasteiger partial charge in [-0.2, -0.15) is 0 Å². The number of benzene rings is 2. The van der Waals surface area contributed by atoms with E-state index in [1.807, 2.05) is 12.1 Å². The van der Waals surface area contributed by atoms with Gasteiger partial charge in [-0.25, -0.2) is 9.59 Å². The molecule has 2 aromatic carbocycles. The van der Waals surface area contributed by atoms with Crippen molar-refractivity contribution in [2.75, 3.05) is 14.2 Å². The van der Waals surface area contributed by atoms with Crippen molar-refractivity contribution in [1.29, 1.82) is 0 Å². The second kappa shape index (κ2) is 10.7. The molecule has 1 fully saturated rings. The fraction of sp³-hybridized carbons (Fsp3) is 0.333. The first kappa shape index (κ1) is 25.4. The van der Waals surface area contributed by atoms with E-state index >= 15 is 0 Å². The maximum atomic E-state index is 12.9. The minimum atomic E-state index is -0.893. The summed E-state index contributed by atoms with van der Waals surface area (Å²) in [4.78, 5) is 51.2. The third-order valence-corrected chi connectivity index (χ3v) is 7.95. The van der Waals surface area contributed by atoms with Crippen molar-refractivity contribution >= 4 is 23.8 Å². The molecule has 2 amide bonds. The summed E-state index contributed by atoms with van der Waals surface area (Å²) >= 11 is 0. The molecule has 6 atom stereocenters. The van der Waals surface area contributed by atoms with Crippen molar-refractivity contribution in [2.45, 2.75) is 24.9 Å². The van der Waals surface area contributed by atoms with Crippen molar-refractivity contribution in [2.24, 2.45) is 23.7 Å². The van der Waals surface area contributed by atoms with Crippen LogP contribution in [-0.2, 0) is 19.1 Å². The zero-order valence-electron chi connectivity index (χ0n) is 21.3. The van der Waals surface area contributed by atoms with Crippen molar-refractivity contribution < 1.29 is 28.7 Å². The summed E-state index contributed by atoms with van der Waals surface area (Å²) in [5.41, 5.74) is 2.58. The Balaban J connectivity index is 1.33. The second-order valence-electron chi connectivity index (χ2n) is 9.95. The molecule has 2 bridgehead atoms. The number of carbonyl (C=O) groups excluding carboxylic acids is 4.